The van der Waals surface area contributed by atoms with Crippen LogP contribution in [0.2, 0.25) is 0 Å². The van der Waals surface area contributed by atoms with Crippen LogP contribution < -0.4 is 14.4 Å². The van der Waals surface area contributed by atoms with E-state index in [2.05, 4.69) is 9.88 Å². The van der Waals surface area contributed by atoms with Crippen LogP contribution in [0.15, 0.2) is 36.5 Å². The number of nitrogens with zero attached hydrogens (tertiary/aromatic N) is 3. The minimum absolute atomic E-state index is 0.00620. The zero-order valence-corrected chi connectivity index (χ0v) is 17.9. The number of ether oxygens (including phenoxy) is 3. The number of amides is 1. The highest BCUT2D eigenvalue weighted by molar-refractivity contribution is 5.69. The molecule has 0 spiro atoms. The van der Waals surface area contributed by atoms with Crippen LogP contribution in [0.25, 0.3) is 0 Å². The van der Waals surface area contributed by atoms with Crippen molar-refractivity contribution < 1.29 is 23.4 Å². The lowest BCUT2D eigenvalue weighted by molar-refractivity contribution is 0.0240. The highest BCUT2D eigenvalue weighted by atomic mass is 19.1. The van der Waals surface area contributed by atoms with E-state index >= 15 is 0 Å². The first-order valence-electron chi connectivity index (χ1n) is 10.1. The minimum Gasteiger partial charge on any atom is -0.490 e. The number of halogens is 1. The van der Waals surface area contributed by atoms with E-state index in [9.17, 15) is 9.18 Å². The van der Waals surface area contributed by atoms with Crippen LogP contribution in [0.3, 0.4) is 0 Å². The van der Waals surface area contributed by atoms with Gasteiger partial charge >= 0.3 is 6.09 Å². The van der Waals surface area contributed by atoms with Crippen molar-refractivity contribution in [1.82, 2.24) is 9.88 Å². The minimum atomic E-state index is -0.531. The van der Waals surface area contributed by atoms with E-state index in [1.807, 2.05) is 33.8 Å². The Morgan fingerprint density at radius 1 is 1.13 bits per heavy atom. The normalized spacial score (nSPS) is 14.4. The van der Waals surface area contributed by atoms with Crippen LogP contribution in [-0.2, 0) is 4.74 Å². The summed E-state index contributed by atoms with van der Waals surface area (Å²) in [5.74, 6) is 0.0945. The summed E-state index contributed by atoms with van der Waals surface area (Å²) in [6.45, 7) is 9.93. The second kappa shape index (κ2) is 9.19. The third-order valence-corrected chi connectivity index (χ3v) is 4.45. The van der Waals surface area contributed by atoms with Gasteiger partial charge in [0.15, 0.2) is 11.6 Å². The van der Waals surface area contributed by atoms with E-state index in [0.717, 1.165) is 5.69 Å². The van der Waals surface area contributed by atoms with Crippen molar-refractivity contribution in [3.63, 3.8) is 0 Å². The summed E-state index contributed by atoms with van der Waals surface area (Å²) in [5, 5.41) is 0. The second-order valence-electron chi connectivity index (χ2n) is 7.88. The SMILES string of the molecule is CCOc1cccc(F)c1Oc1ncccc1N1CCN(C(=O)OC(C)(C)C)CC1. The predicted octanol–water partition coefficient (Wildman–Crippen LogP) is 4.47. The first-order valence-corrected chi connectivity index (χ1v) is 10.1. The molecule has 8 heteroatoms. The second-order valence-corrected chi connectivity index (χ2v) is 7.88. The topological polar surface area (TPSA) is 64.1 Å². The number of carbonyl (C=O) groups is 1. The molecule has 0 bridgehead atoms. The largest absolute Gasteiger partial charge is 0.490 e. The number of aromatic nitrogens is 1. The predicted molar refractivity (Wildman–Crippen MR) is 112 cm³/mol. The maximum absolute atomic E-state index is 14.4. The molecule has 2 heterocycles. The fourth-order valence-electron chi connectivity index (χ4n) is 3.11. The van der Waals surface area contributed by atoms with Crippen molar-refractivity contribution >= 4 is 11.8 Å². The molecule has 0 atom stereocenters. The molecule has 2 aromatic rings. The first-order chi connectivity index (χ1) is 14.3. The molecule has 1 aromatic heterocycles. The summed E-state index contributed by atoms with van der Waals surface area (Å²) in [4.78, 5) is 20.3. The summed E-state index contributed by atoms with van der Waals surface area (Å²) in [7, 11) is 0. The molecule has 0 N–H and O–H groups in total. The number of piperazine rings is 1. The molecular weight excluding hydrogens is 389 g/mol. The monoisotopic (exact) mass is 417 g/mol. The number of para-hydroxylation sites is 1. The molecular formula is C22H28FN3O4. The van der Waals surface area contributed by atoms with Gasteiger partial charge in [0.2, 0.25) is 11.6 Å². The summed E-state index contributed by atoms with van der Waals surface area (Å²) in [5.41, 5.74) is 0.198. The van der Waals surface area contributed by atoms with Crippen molar-refractivity contribution in [3.05, 3.63) is 42.3 Å². The lowest BCUT2D eigenvalue weighted by Crippen LogP contribution is -2.50. The van der Waals surface area contributed by atoms with Crippen LogP contribution in [-0.4, -0.2) is 54.4 Å². The zero-order chi connectivity index (χ0) is 21.7. The van der Waals surface area contributed by atoms with Crippen molar-refractivity contribution in [1.29, 1.82) is 0 Å². The standard InChI is InChI=1S/C22H28FN3O4/c1-5-28-18-10-6-8-16(23)19(18)29-20-17(9-7-11-24-20)25-12-14-26(15-13-25)21(27)30-22(2,3)4/h6-11H,5,12-15H2,1-4H3. The van der Waals surface area contributed by atoms with E-state index in [4.69, 9.17) is 14.2 Å². The molecule has 3 rings (SSSR count). The van der Waals surface area contributed by atoms with Crippen LogP contribution in [0.1, 0.15) is 27.7 Å². The molecule has 30 heavy (non-hydrogen) atoms. The lowest BCUT2D eigenvalue weighted by Gasteiger charge is -2.37. The first kappa shape index (κ1) is 21.7. The Balaban J connectivity index is 1.74. The Labute approximate surface area is 176 Å². The number of carbonyl (C=O) groups excluding carboxylic acids is 1. The molecule has 1 aromatic carbocycles. The van der Waals surface area contributed by atoms with Crippen molar-refractivity contribution in [2.75, 3.05) is 37.7 Å². The molecule has 0 unspecified atom stereocenters. The van der Waals surface area contributed by atoms with Gasteiger partial charge in [-0.3, -0.25) is 0 Å². The number of rotatable bonds is 5. The average Bonchev–Trinajstić information content (AvgIpc) is 2.70. The van der Waals surface area contributed by atoms with Crippen LogP contribution in [0.4, 0.5) is 14.9 Å². The quantitative estimate of drug-likeness (QED) is 0.715. The molecule has 0 radical (unpaired) electrons. The van der Waals surface area contributed by atoms with Gasteiger partial charge < -0.3 is 24.0 Å². The third-order valence-electron chi connectivity index (χ3n) is 4.45. The van der Waals surface area contributed by atoms with Gasteiger partial charge in [0.1, 0.15) is 11.3 Å². The van der Waals surface area contributed by atoms with Crippen LogP contribution in [0, 0.1) is 5.82 Å². The Morgan fingerprint density at radius 2 is 1.87 bits per heavy atom. The Bertz CT molecular complexity index is 877. The van der Waals surface area contributed by atoms with E-state index in [1.165, 1.54) is 6.07 Å². The Hall–Kier alpha value is -3.03. The van der Waals surface area contributed by atoms with Crippen molar-refractivity contribution in [2.24, 2.45) is 0 Å². The van der Waals surface area contributed by atoms with Gasteiger partial charge in [0.05, 0.1) is 6.61 Å². The number of pyridine rings is 1. The van der Waals surface area contributed by atoms with E-state index in [0.29, 0.717) is 38.5 Å². The summed E-state index contributed by atoms with van der Waals surface area (Å²) in [6, 6.07) is 8.21. The molecule has 1 aliphatic rings. The van der Waals surface area contributed by atoms with E-state index in [1.54, 1.807) is 29.3 Å². The fourth-order valence-corrected chi connectivity index (χ4v) is 3.11. The van der Waals surface area contributed by atoms with Gasteiger partial charge in [-0.05, 0) is 52.0 Å². The average molecular weight is 417 g/mol. The highest BCUT2D eigenvalue weighted by Crippen LogP contribution is 2.37. The van der Waals surface area contributed by atoms with Gasteiger partial charge in [0.25, 0.3) is 0 Å². The van der Waals surface area contributed by atoms with Crippen LogP contribution >= 0.6 is 0 Å². The molecule has 7 nitrogen and oxygen atoms in total. The lowest BCUT2D eigenvalue weighted by atomic mass is 10.2. The molecule has 1 fully saturated rings. The van der Waals surface area contributed by atoms with Gasteiger partial charge in [-0.1, -0.05) is 6.07 Å². The molecule has 1 amide bonds. The maximum Gasteiger partial charge on any atom is 0.410 e. The molecule has 0 aliphatic carbocycles. The van der Waals surface area contributed by atoms with Gasteiger partial charge in [0, 0.05) is 32.4 Å². The highest BCUT2D eigenvalue weighted by Gasteiger charge is 2.27. The number of hydrogen-bond donors (Lipinski definition) is 0. The molecule has 162 valence electrons. The Morgan fingerprint density at radius 3 is 2.53 bits per heavy atom. The number of anilines is 1. The molecule has 0 saturated carbocycles. The summed E-state index contributed by atoms with van der Waals surface area (Å²) < 4.78 is 31.2. The smallest absolute Gasteiger partial charge is 0.410 e. The Kier molecular flexibility index (Phi) is 6.64. The fraction of sp³-hybridized carbons (Fsp3) is 0.455. The van der Waals surface area contributed by atoms with Gasteiger partial charge in [-0.15, -0.1) is 0 Å². The van der Waals surface area contributed by atoms with Crippen LogP contribution in [0.5, 0.6) is 17.4 Å². The summed E-state index contributed by atoms with van der Waals surface area (Å²) >= 11 is 0. The summed E-state index contributed by atoms with van der Waals surface area (Å²) in [6.07, 6.45) is 1.27. The molecule has 1 saturated heterocycles. The van der Waals surface area contributed by atoms with E-state index in [-0.39, 0.29) is 17.7 Å². The zero-order valence-electron chi connectivity index (χ0n) is 17.9. The maximum atomic E-state index is 14.4. The van der Waals surface area contributed by atoms with Gasteiger partial charge in [-0.2, -0.15) is 0 Å². The van der Waals surface area contributed by atoms with Crippen molar-refractivity contribution in [2.45, 2.75) is 33.3 Å². The van der Waals surface area contributed by atoms with Crippen molar-refractivity contribution in [3.8, 4) is 17.4 Å². The van der Waals surface area contributed by atoms with E-state index < -0.39 is 11.4 Å². The number of hydrogen-bond acceptors (Lipinski definition) is 6. The molecule has 1 aliphatic heterocycles. The van der Waals surface area contributed by atoms with Gasteiger partial charge in [-0.25, -0.2) is 14.2 Å². The number of benzene rings is 1. The third kappa shape index (κ3) is 5.31.